The van der Waals surface area contributed by atoms with Crippen LogP contribution in [0, 0.1) is 5.82 Å². The molecule has 1 aromatic carbocycles. The zero-order valence-corrected chi connectivity index (χ0v) is 15.3. The molecule has 134 valence electrons. The molecule has 0 aliphatic rings. The summed E-state index contributed by atoms with van der Waals surface area (Å²) in [7, 11) is -4.03. The molecule has 6 nitrogen and oxygen atoms in total. The quantitative estimate of drug-likeness (QED) is 0.565. The van der Waals surface area contributed by atoms with Crippen molar-refractivity contribution in [2.45, 2.75) is 17.9 Å². The van der Waals surface area contributed by atoms with Crippen molar-refractivity contribution in [3.8, 4) is 0 Å². The second-order valence-electron chi connectivity index (χ2n) is 4.93. The Labute approximate surface area is 152 Å². The monoisotopic (exact) mass is 405 g/mol. The molecule has 25 heavy (non-hydrogen) atoms. The molecule has 0 radical (unpaired) electrons. The van der Waals surface area contributed by atoms with Crippen molar-refractivity contribution in [3.63, 3.8) is 0 Å². The fraction of sp³-hybridized carbons (Fsp3) is 0.200. The highest BCUT2D eigenvalue weighted by molar-refractivity contribution is 7.89. The highest BCUT2D eigenvalue weighted by Crippen LogP contribution is 2.21. The molecule has 0 aliphatic heterocycles. The summed E-state index contributed by atoms with van der Waals surface area (Å²) in [6.45, 7) is 0.744. The third-order valence-corrected chi connectivity index (χ3v) is 5.83. The van der Waals surface area contributed by atoms with Gasteiger partial charge in [-0.2, -0.15) is 4.72 Å². The number of rotatable bonds is 7. The average molecular weight is 406 g/mol. The molecule has 1 heterocycles. The van der Waals surface area contributed by atoms with E-state index in [1.165, 1.54) is 13.0 Å². The van der Waals surface area contributed by atoms with Crippen molar-refractivity contribution >= 4 is 44.7 Å². The maximum atomic E-state index is 12.9. The van der Waals surface area contributed by atoms with E-state index in [0.29, 0.717) is 9.21 Å². The molecule has 0 saturated carbocycles. The lowest BCUT2D eigenvalue weighted by Crippen LogP contribution is -2.40. The number of sulfonamides is 1. The van der Waals surface area contributed by atoms with Crippen molar-refractivity contribution in [1.82, 2.24) is 4.72 Å². The molecule has 0 bridgehead atoms. The molecule has 2 rings (SSSR count). The third-order valence-electron chi connectivity index (χ3n) is 3.00. The van der Waals surface area contributed by atoms with Crippen LogP contribution in [-0.4, -0.2) is 32.8 Å². The second kappa shape index (κ2) is 8.05. The summed E-state index contributed by atoms with van der Waals surface area (Å²) < 4.78 is 44.4. The zero-order valence-electron chi connectivity index (χ0n) is 12.9. The topological polar surface area (TPSA) is 89.5 Å². The van der Waals surface area contributed by atoms with Gasteiger partial charge >= 0.3 is 5.97 Å². The SMILES string of the molecule is C[C@H](NS(=O)(=O)c1ccc(F)cc1)C(=O)OCC(=O)c1ccc(Cl)s1. The molecule has 0 saturated heterocycles. The summed E-state index contributed by atoms with van der Waals surface area (Å²) in [5.41, 5.74) is 0. The third kappa shape index (κ3) is 5.33. The highest BCUT2D eigenvalue weighted by atomic mass is 35.5. The number of carbonyl (C=O) groups excluding carboxylic acids is 2. The number of benzene rings is 1. The second-order valence-corrected chi connectivity index (χ2v) is 8.36. The standard InChI is InChI=1S/C15H13ClFNO5S2/c1-9(18-25(21,22)11-4-2-10(17)3-5-11)15(20)23-8-12(19)13-6-7-14(16)24-13/h2-7,9,18H,8H2,1H3/t9-/m0/s1. The van der Waals surface area contributed by atoms with Crippen molar-refractivity contribution in [2.24, 2.45) is 0 Å². The lowest BCUT2D eigenvalue weighted by atomic mass is 10.3. The van der Waals surface area contributed by atoms with Gasteiger partial charge in [-0.05, 0) is 43.3 Å². The molecule has 10 heteroatoms. The number of hydrogen-bond acceptors (Lipinski definition) is 6. The van der Waals surface area contributed by atoms with Gasteiger partial charge < -0.3 is 4.74 Å². The Balaban J connectivity index is 1.93. The first-order valence-corrected chi connectivity index (χ1v) is 9.60. The van der Waals surface area contributed by atoms with Crippen molar-refractivity contribution < 1.29 is 27.1 Å². The van der Waals surface area contributed by atoms with Gasteiger partial charge in [0.2, 0.25) is 15.8 Å². The Kier molecular flexibility index (Phi) is 6.28. The largest absolute Gasteiger partial charge is 0.456 e. The summed E-state index contributed by atoms with van der Waals surface area (Å²) in [6.07, 6.45) is 0. The van der Waals surface area contributed by atoms with Crippen LogP contribution in [0.2, 0.25) is 4.34 Å². The minimum Gasteiger partial charge on any atom is -0.456 e. The average Bonchev–Trinajstić information content (AvgIpc) is 2.98. The van der Waals surface area contributed by atoms with E-state index in [1.807, 2.05) is 0 Å². The number of nitrogens with one attached hydrogen (secondary N) is 1. The van der Waals surface area contributed by atoms with Gasteiger partial charge in [0.25, 0.3) is 0 Å². The van der Waals surface area contributed by atoms with E-state index in [4.69, 9.17) is 16.3 Å². The van der Waals surface area contributed by atoms with Crippen molar-refractivity contribution in [1.29, 1.82) is 0 Å². The zero-order chi connectivity index (χ0) is 18.6. The van der Waals surface area contributed by atoms with Gasteiger partial charge in [-0.1, -0.05) is 11.6 Å². The fourth-order valence-corrected chi connectivity index (χ4v) is 3.92. The summed E-state index contributed by atoms with van der Waals surface area (Å²) in [5.74, 6) is -1.95. The van der Waals surface area contributed by atoms with Gasteiger partial charge in [0.05, 0.1) is 14.1 Å². The molecule has 2 aromatic rings. The van der Waals surface area contributed by atoms with Gasteiger partial charge in [-0.25, -0.2) is 12.8 Å². The molecule has 1 atom stereocenters. The Morgan fingerprint density at radius 3 is 2.44 bits per heavy atom. The Bertz CT molecular complexity index is 880. The van der Waals surface area contributed by atoms with E-state index in [-0.39, 0.29) is 4.90 Å². The minimum absolute atomic E-state index is 0.196. The van der Waals surface area contributed by atoms with Gasteiger partial charge in [-0.3, -0.25) is 9.59 Å². The first kappa shape index (κ1) is 19.5. The number of halogens is 2. The molecule has 0 unspecified atom stereocenters. The first-order valence-electron chi connectivity index (χ1n) is 6.92. The van der Waals surface area contributed by atoms with Gasteiger partial charge in [-0.15, -0.1) is 11.3 Å². The minimum atomic E-state index is -4.03. The summed E-state index contributed by atoms with van der Waals surface area (Å²) in [4.78, 5) is 23.8. The highest BCUT2D eigenvalue weighted by Gasteiger charge is 2.24. The number of ketones is 1. The molecule has 0 spiro atoms. The van der Waals surface area contributed by atoms with Crippen LogP contribution in [-0.2, 0) is 19.6 Å². The first-order chi connectivity index (χ1) is 11.7. The van der Waals surface area contributed by atoms with E-state index < -0.39 is 40.2 Å². The van der Waals surface area contributed by atoms with Gasteiger partial charge in [0, 0.05) is 0 Å². The molecule has 1 aromatic heterocycles. The molecule has 0 fully saturated rings. The number of hydrogen-bond donors (Lipinski definition) is 1. The van der Waals surface area contributed by atoms with Crippen LogP contribution in [0.25, 0.3) is 0 Å². The van der Waals surface area contributed by atoms with E-state index in [2.05, 4.69) is 4.72 Å². The van der Waals surface area contributed by atoms with Gasteiger partial charge in [0.1, 0.15) is 11.9 Å². The number of ether oxygens (including phenoxy) is 1. The van der Waals surface area contributed by atoms with Crippen LogP contribution in [0.15, 0.2) is 41.3 Å². The molecular formula is C15H13ClFNO5S2. The lowest BCUT2D eigenvalue weighted by Gasteiger charge is -2.13. The predicted molar refractivity (Wildman–Crippen MR) is 90.8 cm³/mol. The number of esters is 1. The van der Waals surface area contributed by atoms with E-state index in [0.717, 1.165) is 35.6 Å². The molecule has 1 N–H and O–H groups in total. The van der Waals surface area contributed by atoms with Crippen LogP contribution in [0.5, 0.6) is 0 Å². The summed E-state index contributed by atoms with van der Waals surface area (Å²) in [5, 5.41) is 0. The Morgan fingerprint density at radius 2 is 1.88 bits per heavy atom. The molecule has 0 amide bonds. The van der Waals surface area contributed by atoms with Crippen molar-refractivity contribution in [3.05, 3.63) is 51.4 Å². The number of carbonyl (C=O) groups is 2. The number of Topliss-reactive ketones (excluding diaryl/α,β-unsaturated/α-hetero) is 1. The summed E-state index contributed by atoms with van der Waals surface area (Å²) in [6, 6.07) is 5.93. The fourth-order valence-electron chi connectivity index (χ4n) is 1.76. The van der Waals surface area contributed by atoms with Crippen LogP contribution < -0.4 is 4.72 Å². The Hall–Kier alpha value is -1.81. The van der Waals surface area contributed by atoms with Crippen molar-refractivity contribution in [2.75, 3.05) is 6.61 Å². The van der Waals surface area contributed by atoms with Crippen LogP contribution in [0.3, 0.4) is 0 Å². The smallest absolute Gasteiger partial charge is 0.324 e. The van der Waals surface area contributed by atoms with Crippen LogP contribution in [0.1, 0.15) is 16.6 Å². The molecular weight excluding hydrogens is 393 g/mol. The van der Waals surface area contributed by atoms with E-state index >= 15 is 0 Å². The maximum Gasteiger partial charge on any atom is 0.324 e. The van der Waals surface area contributed by atoms with Crippen LogP contribution in [0.4, 0.5) is 4.39 Å². The Morgan fingerprint density at radius 1 is 1.24 bits per heavy atom. The summed E-state index contributed by atoms with van der Waals surface area (Å²) >= 11 is 6.76. The predicted octanol–water partition coefficient (Wildman–Crippen LogP) is 2.63. The van der Waals surface area contributed by atoms with Crippen LogP contribution >= 0.6 is 22.9 Å². The van der Waals surface area contributed by atoms with E-state index in [9.17, 15) is 22.4 Å². The molecule has 0 aliphatic carbocycles. The van der Waals surface area contributed by atoms with E-state index in [1.54, 1.807) is 6.07 Å². The maximum absolute atomic E-state index is 12.9. The number of thiophene rings is 1. The van der Waals surface area contributed by atoms with Gasteiger partial charge in [0.15, 0.2) is 6.61 Å². The lowest BCUT2D eigenvalue weighted by molar-refractivity contribution is -0.144. The normalized spacial score (nSPS) is 12.6.